The number of hydrogen-bond acceptors (Lipinski definition) is 7. The summed E-state index contributed by atoms with van der Waals surface area (Å²) in [5.41, 5.74) is 8.40. The second-order valence-electron chi connectivity index (χ2n) is 7.09. The largest absolute Gasteiger partial charge is 0.458 e. The third kappa shape index (κ3) is 6.41. The van der Waals surface area contributed by atoms with Crippen molar-refractivity contribution in [1.29, 1.82) is 0 Å². The molecule has 166 valence electrons. The number of aromatic nitrogens is 3. The first kappa shape index (κ1) is 22.0. The van der Waals surface area contributed by atoms with E-state index in [1.165, 1.54) is 0 Å². The van der Waals surface area contributed by atoms with Crippen molar-refractivity contribution in [2.24, 2.45) is 5.73 Å². The number of rotatable bonds is 9. The molecule has 0 fully saturated rings. The van der Waals surface area contributed by atoms with E-state index in [4.69, 9.17) is 22.1 Å². The van der Waals surface area contributed by atoms with Crippen LogP contribution in [0.2, 0.25) is 5.02 Å². The Hall–Kier alpha value is -4.17. The number of hydrogen-bond donors (Lipinski definition) is 3. The molecule has 1 amide bonds. The van der Waals surface area contributed by atoms with Gasteiger partial charge in [0.25, 0.3) is 0 Å². The normalized spacial score (nSPS) is 10.5. The molecule has 1 aromatic heterocycles. The highest BCUT2D eigenvalue weighted by Gasteiger charge is 2.10. The molecular formula is C24H21ClN6O2. The van der Waals surface area contributed by atoms with Gasteiger partial charge in [-0.15, -0.1) is 0 Å². The van der Waals surface area contributed by atoms with Crippen LogP contribution < -0.4 is 21.1 Å². The lowest BCUT2D eigenvalue weighted by Crippen LogP contribution is -2.11. The Kier molecular flexibility index (Phi) is 6.96. The number of nitrogens with two attached hydrogens (primary N) is 1. The minimum Gasteiger partial charge on any atom is -0.458 e. The number of halogens is 1. The van der Waals surface area contributed by atoms with Gasteiger partial charge < -0.3 is 21.1 Å². The molecule has 0 aliphatic carbocycles. The lowest BCUT2D eigenvalue weighted by atomic mass is 10.2. The Bertz CT molecular complexity index is 1220. The highest BCUT2D eigenvalue weighted by molar-refractivity contribution is 6.30. The van der Waals surface area contributed by atoms with Crippen molar-refractivity contribution in [3.8, 4) is 6.01 Å². The molecule has 3 aromatic carbocycles. The maximum Gasteiger partial charge on any atom is 0.323 e. The Labute approximate surface area is 195 Å². The van der Waals surface area contributed by atoms with Crippen LogP contribution in [0.1, 0.15) is 21.5 Å². The van der Waals surface area contributed by atoms with Crippen LogP contribution in [0.4, 0.5) is 17.6 Å². The number of nitrogens with one attached hydrogen (secondary N) is 2. The summed E-state index contributed by atoms with van der Waals surface area (Å²) in [6.45, 7) is 0.806. The van der Waals surface area contributed by atoms with Gasteiger partial charge in [-0.1, -0.05) is 54.1 Å². The zero-order chi connectivity index (χ0) is 23.0. The number of nitrogens with zero attached hydrogens (tertiary/aromatic N) is 3. The molecule has 33 heavy (non-hydrogen) atoms. The Balaban J connectivity index is 1.53. The SMILES string of the molecule is NC(=O)c1ccc(Nc2nc(NCc3ccc(Cl)cc3)nc(OCc3ccccc3)n2)cc1. The average Bonchev–Trinajstić information content (AvgIpc) is 2.83. The van der Waals surface area contributed by atoms with Gasteiger partial charge in [-0.2, -0.15) is 15.0 Å². The molecule has 0 radical (unpaired) electrons. The van der Waals surface area contributed by atoms with E-state index in [0.717, 1.165) is 11.1 Å². The zero-order valence-corrected chi connectivity index (χ0v) is 18.3. The van der Waals surface area contributed by atoms with Gasteiger partial charge in [0.2, 0.25) is 17.8 Å². The Morgan fingerprint density at radius 2 is 1.55 bits per heavy atom. The molecule has 0 spiro atoms. The van der Waals surface area contributed by atoms with Crippen LogP contribution in [0, 0.1) is 0 Å². The van der Waals surface area contributed by atoms with E-state index in [1.54, 1.807) is 24.3 Å². The van der Waals surface area contributed by atoms with Crippen LogP contribution in [0.25, 0.3) is 0 Å². The summed E-state index contributed by atoms with van der Waals surface area (Å²) < 4.78 is 5.81. The van der Waals surface area contributed by atoms with Gasteiger partial charge in [-0.3, -0.25) is 4.79 Å². The van der Waals surface area contributed by atoms with Crippen LogP contribution in [0.3, 0.4) is 0 Å². The molecule has 1 heterocycles. The predicted octanol–water partition coefficient (Wildman–Crippen LogP) is 4.56. The van der Waals surface area contributed by atoms with Crippen LogP contribution >= 0.6 is 11.6 Å². The van der Waals surface area contributed by atoms with E-state index in [1.807, 2.05) is 54.6 Å². The summed E-state index contributed by atoms with van der Waals surface area (Å²) in [5.74, 6) is 0.143. The molecular weight excluding hydrogens is 440 g/mol. The number of ether oxygens (including phenoxy) is 1. The van der Waals surface area contributed by atoms with Gasteiger partial charge in [-0.25, -0.2) is 0 Å². The molecule has 0 unspecified atom stereocenters. The topological polar surface area (TPSA) is 115 Å². The first-order chi connectivity index (χ1) is 16.0. The monoisotopic (exact) mass is 460 g/mol. The fourth-order valence-electron chi connectivity index (χ4n) is 2.91. The molecule has 9 heteroatoms. The number of carbonyl (C=O) groups excluding carboxylic acids is 1. The van der Waals surface area contributed by atoms with E-state index in [-0.39, 0.29) is 6.01 Å². The Morgan fingerprint density at radius 3 is 2.24 bits per heavy atom. The molecule has 8 nitrogen and oxygen atoms in total. The molecule has 0 aliphatic rings. The van der Waals surface area contributed by atoms with Crippen molar-refractivity contribution in [2.75, 3.05) is 10.6 Å². The summed E-state index contributed by atoms with van der Waals surface area (Å²) in [6.07, 6.45) is 0. The molecule has 4 N–H and O–H groups in total. The third-order valence-electron chi connectivity index (χ3n) is 4.62. The smallest absolute Gasteiger partial charge is 0.323 e. The van der Waals surface area contributed by atoms with Crippen molar-refractivity contribution in [3.05, 3.63) is 101 Å². The van der Waals surface area contributed by atoms with E-state index < -0.39 is 5.91 Å². The summed E-state index contributed by atoms with van der Waals surface area (Å²) in [5, 5.41) is 6.96. The van der Waals surface area contributed by atoms with Crippen LogP contribution in [0.15, 0.2) is 78.9 Å². The first-order valence-electron chi connectivity index (χ1n) is 10.1. The minimum absolute atomic E-state index is 0.170. The van der Waals surface area contributed by atoms with Crippen molar-refractivity contribution >= 4 is 35.1 Å². The van der Waals surface area contributed by atoms with Crippen molar-refractivity contribution in [3.63, 3.8) is 0 Å². The summed E-state index contributed by atoms with van der Waals surface area (Å²) in [7, 11) is 0. The van der Waals surface area contributed by atoms with Gasteiger partial charge in [-0.05, 0) is 47.5 Å². The van der Waals surface area contributed by atoms with Gasteiger partial charge in [0.05, 0.1) is 0 Å². The van der Waals surface area contributed by atoms with Gasteiger partial charge >= 0.3 is 6.01 Å². The van der Waals surface area contributed by atoms with Gasteiger partial charge in [0.15, 0.2) is 0 Å². The zero-order valence-electron chi connectivity index (χ0n) is 17.5. The number of benzene rings is 3. The van der Waals surface area contributed by atoms with E-state index in [2.05, 4.69) is 25.6 Å². The van der Waals surface area contributed by atoms with Crippen LogP contribution in [-0.2, 0) is 13.2 Å². The minimum atomic E-state index is -0.494. The number of primary amides is 1. The highest BCUT2D eigenvalue weighted by Crippen LogP contribution is 2.19. The summed E-state index contributed by atoms with van der Waals surface area (Å²) in [6, 6.07) is 24.1. The molecule has 0 saturated carbocycles. The quantitative estimate of drug-likeness (QED) is 0.335. The molecule has 0 saturated heterocycles. The fourth-order valence-corrected chi connectivity index (χ4v) is 3.03. The maximum atomic E-state index is 11.3. The number of carbonyl (C=O) groups is 1. The fraction of sp³-hybridized carbons (Fsp3) is 0.0833. The Morgan fingerprint density at radius 1 is 0.848 bits per heavy atom. The molecule has 4 aromatic rings. The summed E-state index contributed by atoms with van der Waals surface area (Å²) >= 11 is 5.96. The lowest BCUT2D eigenvalue weighted by Gasteiger charge is -2.11. The molecule has 0 bridgehead atoms. The van der Waals surface area contributed by atoms with Gasteiger partial charge in [0.1, 0.15) is 6.61 Å². The predicted molar refractivity (Wildman–Crippen MR) is 128 cm³/mol. The van der Waals surface area contributed by atoms with E-state index in [0.29, 0.717) is 41.3 Å². The van der Waals surface area contributed by atoms with Crippen molar-refractivity contribution < 1.29 is 9.53 Å². The van der Waals surface area contributed by atoms with Crippen LogP contribution in [0.5, 0.6) is 6.01 Å². The lowest BCUT2D eigenvalue weighted by molar-refractivity contribution is 0.100. The second-order valence-corrected chi connectivity index (χ2v) is 7.52. The second kappa shape index (κ2) is 10.4. The van der Waals surface area contributed by atoms with E-state index in [9.17, 15) is 4.79 Å². The van der Waals surface area contributed by atoms with E-state index >= 15 is 0 Å². The number of anilines is 3. The number of amides is 1. The average molecular weight is 461 g/mol. The first-order valence-corrected chi connectivity index (χ1v) is 10.5. The highest BCUT2D eigenvalue weighted by atomic mass is 35.5. The maximum absolute atomic E-state index is 11.3. The van der Waals surface area contributed by atoms with Crippen molar-refractivity contribution in [2.45, 2.75) is 13.2 Å². The molecule has 0 atom stereocenters. The molecule has 4 rings (SSSR count). The van der Waals surface area contributed by atoms with Gasteiger partial charge in [0, 0.05) is 22.8 Å². The van der Waals surface area contributed by atoms with Crippen molar-refractivity contribution in [1.82, 2.24) is 15.0 Å². The van der Waals surface area contributed by atoms with Crippen LogP contribution in [-0.4, -0.2) is 20.9 Å². The third-order valence-corrected chi connectivity index (χ3v) is 4.87. The standard InChI is InChI=1S/C24H21ClN6O2/c25-19-10-6-16(7-11-19)14-27-22-29-23(28-20-12-8-18(9-13-20)21(26)32)31-24(30-22)33-15-17-4-2-1-3-5-17/h1-13H,14-15H2,(H2,26,32)(H2,27,28,29,30,31). The molecule has 0 aliphatic heterocycles. The summed E-state index contributed by atoms with van der Waals surface area (Å²) in [4.78, 5) is 24.5.